The van der Waals surface area contributed by atoms with Crippen LogP contribution in [0.4, 0.5) is 11.5 Å². The molecule has 1 heterocycles. The predicted molar refractivity (Wildman–Crippen MR) is 81.3 cm³/mol. The monoisotopic (exact) mass is 324 g/mol. The first-order chi connectivity index (χ1) is 8.47. The molecule has 1 aromatic carbocycles. The van der Waals surface area contributed by atoms with Gasteiger partial charge in [0.05, 0.1) is 5.69 Å². The lowest BCUT2D eigenvalue weighted by Crippen LogP contribution is -2.12. The zero-order chi connectivity index (χ0) is 13.3. The second-order valence-electron chi connectivity index (χ2n) is 3.97. The fourth-order valence-corrected chi connectivity index (χ4v) is 2.13. The lowest BCUT2D eigenvalue weighted by atomic mass is 10.2. The van der Waals surface area contributed by atoms with E-state index in [9.17, 15) is 0 Å². The van der Waals surface area contributed by atoms with E-state index in [0.29, 0.717) is 4.99 Å². The first-order valence-corrected chi connectivity index (χ1v) is 6.54. The molecule has 2 rings (SSSR count). The molecule has 1 aromatic heterocycles. The summed E-state index contributed by atoms with van der Waals surface area (Å²) in [4.78, 5) is 0.359. The van der Waals surface area contributed by atoms with Crippen molar-refractivity contribution in [2.75, 3.05) is 5.32 Å². The van der Waals surface area contributed by atoms with E-state index in [-0.39, 0.29) is 0 Å². The molecule has 4 nitrogen and oxygen atoms in total. The minimum absolute atomic E-state index is 0.359. The number of rotatable bonds is 3. The topological polar surface area (TPSA) is 55.9 Å². The Labute approximate surface area is 119 Å². The summed E-state index contributed by atoms with van der Waals surface area (Å²) < 4.78 is 2.76. The zero-order valence-electron chi connectivity index (χ0n) is 10.1. The maximum absolute atomic E-state index is 5.70. The van der Waals surface area contributed by atoms with Gasteiger partial charge in [0.2, 0.25) is 0 Å². The van der Waals surface area contributed by atoms with Crippen LogP contribution in [-0.2, 0) is 7.05 Å². The molecule has 0 unspecified atom stereocenters. The molecule has 0 spiro atoms. The molecule has 3 N–H and O–H groups in total. The molecular formula is C12H13BrN4S. The highest BCUT2D eigenvalue weighted by Gasteiger charge is 2.08. The third-order valence-corrected chi connectivity index (χ3v) is 3.34. The van der Waals surface area contributed by atoms with Crippen molar-refractivity contribution >= 4 is 44.6 Å². The number of benzene rings is 1. The number of hydrogen-bond acceptors (Lipinski definition) is 3. The van der Waals surface area contributed by atoms with E-state index in [1.54, 1.807) is 4.68 Å². The Hall–Kier alpha value is -1.40. The third-order valence-electron chi connectivity index (χ3n) is 2.62. The van der Waals surface area contributed by atoms with Crippen LogP contribution in [0.25, 0.3) is 0 Å². The van der Waals surface area contributed by atoms with Gasteiger partial charge in [-0.1, -0.05) is 28.1 Å². The molecule has 2 aromatic rings. The lowest BCUT2D eigenvalue weighted by molar-refractivity contribution is 0.743. The lowest BCUT2D eigenvalue weighted by Gasteiger charge is -2.09. The Bertz CT molecular complexity index is 587. The highest BCUT2D eigenvalue weighted by molar-refractivity contribution is 9.10. The van der Waals surface area contributed by atoms with Gasteiger partial charge in [-0.3, -0.25) is 4.68 Å². The van der Waals surface area contributed by atoms with E-state index in [0.717, 1.165) is 27.2 Å². The Kier molecular flexibility index (Phi) is 3.68. The summed E-state index contributed by atoms with van der Waals surface area (Å²) in [5, 5.41) is 7.57. The summed E-state index contributed by atoms with van der Waals surface area (Å²) in [7, 11) is 1.90. The minimum atomic E-state index is 0.359. The van der Waals surface area contributed by atoms with Crippen LogP contribution < -0.4 is 11.1 Å². The fraction of sp³-hybridized carbons (Fsp3) is 0.167. The van der Waals surface area contributed by atoms with Gasteiger partial charge in [-0.05, 0) is 25.1 Å². The van der Waals surface area contributed by atoms with Gasteiger partial charge >= 0.3 is 0 Å². The van der Waals surface area contributed by atoms with E-state index in [4.69, 9.17) is 18.0 Å². The Morgan fingerprint density at radius 3 is 2.72 bits per heavy atom. The standard InChI is InChI=1S/C12H13BrN4S/c1-7-5-11(16-17(7)2)15-10-6-8(13)3-4-9(10)12(14)18/h3-6H,1-2H3,(H2,14,18)(H,15,16). The average molecular weight is 325 g/mol. The predicted octanol–water partition coefficient (Wildman–Crippen LogP) is 2.87. The molecule has 0 bridgehead atoms. The molecule has 0 aliphatic carbocycles. The molecule has 0 radical (unpaired) electrons. The van der Waals surface area contributed by atoms with Crippen molar-refractivity contribution in [3.8, 4) is 0 Å². The molecule has 0 aliphatic rings. The Morgan fingerprint density at radius 1 is 1.44 bits per heavy atom. The second kappa shape index (κ2) is 5.07. The largest absolute Gasteiger partial charge is 0.389 e. The van der Waals surface area contributed by atoms with E-state index in [2.05, 4.69) is 26.3 Å². The molecular weight excluding hydrogens is 312 g/mol. The van der Waals surface area contributed by atoms with Gasteiger partial charge in [0.15, 0.2) is 5.82 Å². The number of aryl methyl sites for hydroxylation is 2. The smallest absolute Gasteiger partial charge is 0.152 e. The second-order valence-corrected chi connectivity index (χ2v) is 5.33. The zero-order valence-corrected chi connectivity index (χ0v) is 12.5. The van der Waals surface area contributed by atoms with E-state index < -0.39 is 0 Å². The van der Waals surface area contributed by atoms with Crippen LogP contribution in [0.3, 0.4) is 0 Å². The van der Waals surface area contributed by atoms with Crippen molar-refractivity contribution in [1.29, 1.82) is 0 Å². The van der Waals surface area contributed by atoms with Crippen LogP contribution in [0.1, 0.15) is 11.3 Å². The van der Waals surface area contributed by atoms with Crippen LogP contribution in [0, 0.1) is 6.92 Å². The summed E-state index contributed by atoms with van der Waals surface area (Å²) >= 11 is 8.47. The Balaban J connectivity index is 2.38. The van der Waals surface area contributed by atoms with Gasteiger partial charge in [-0.25, -0.2) is 0 Å². The average Bonchev–Trinajstić information content (AvgIpc) is 2.57. The highest BCUT2D eigenvalue weighted by Crippen LogP contribution is 2.24. The quantitative estimate of drug-likeness (QED) is 0.852. The van der Waals surface area contributed by atoms with Crippen molar-refractivity contribution in [3.63, 3.8) is 0 Å². The summed E-state index contributed by atoms with van der Waals surface area (Å²) in [6.07, 6.45) is 0. The fourth-order valence-electron chi connectivity index (χ4n) is 1.59. The van der Waals surface area contributed by atoms with Crippen molar-refractivity contribution in [3.05, 3.63) is 40.0 Å². The molecule has 0 atom stereocenters. The van der Waals surface area contributed by atoms with E-state index in [1.807, 2.05) is 38.2 Å². The number of nitrogens with zero attached hydrogens (tertiary/aromatic N) is 2. The number of halogens is 1. The van der Waals surface area contributed by atoms with Crippen LogP contribution in [-0.4, -0.2) is 14.8 Å². The molecule has 18 heavy (non-hydrogen) atoms. The molecule has 0 amide bonds. The van der Waals surface area contributed by atoms with Gasteiger partial charge in [-0.15, -0.1) is 0 Å². The van der Waals surface area contributed by atoms with Gasteiger partial charge < -0.3 is 11.1 Å². The number of hydrogen-bond donors (Lipinski definition) is 2. The number of nitrogens with two attached hydrogens (primary N) is 1. The summed E-state index contributed by atoms with van der Waals surface area (Å²) in [6.45, 7) is 1.99. The number of aromatic nitrogens is 2. The van der Waals surface area contributed by atoms with Crippen molar-refractivity contribution in [1.82, 2.24) is 9.78 Å². The molecule has 0 saturated carbocycles. The van der Waals surface area contributed by atoms with Crippen molar-refractivity contribution in [2.24, 2.45) is 12.8 Å². The minimum Gasteiger partial charge on any atom is -0.389 e. The van der Waals surface area contributed by atoms with E-state index >= 15 is 0 Å². The molecule has 6 heteroatoms. The van der Waals surface area contributed by atoms with Gasteiger partial charge in [-0.2, -0.15) is 5.10 Å². The van der Waals surface area contributed by atoms with Gasteiger partial charge in [0, 0.05) is 28.8 Å². The number of anilines is 2. The first-order valence-electron chi connectivity index (χ1n) is 5.34. The van der Waals surface area contributed by atoms with Crippen LogP contribution in [0.5, 0.6) is 0 Å². The van der Waals surface area contributed by atoms with Gasteiger partial charge in [0.1, 0.15) is 4.99 Å². The molecule has 94 valence electrons. The molecule has 0 fully saturated rings. The van der Waals surface area contributed by atoms with Gasteiger partial charge in [0.25, 0.3) is 0 Å². The van der Waals surface area contributed by atoms with E-state index in [1.165, 1.54) is 0 Å². The summed E-state index contributed by atoms with van der Waals surface area (Å²) in [6, 6.07) is 7.68. The number of nitrogens with one attached hydrogen (secondary N) is 1. The normalized spacial score (nSPS) is 10.4. The summed E-state index contributed by atoms with van der Waals surface area (Å²) in [5.74, 6) is 0.769. The van der Waals surface area contributed by atoms with Crippen molar-refractivity contribution < 1.29 is 0 Å². The highest BCUT2D eigenvalue weighted by atomic mass is 79.9. The molecule has 0 saturated heterocycles. The summed E-state index contributed by atoms with van der Waals surface area (Å²) in [5.41, 5.74) is 8.42. The maximum atomic E-state index is 5.70. The Morgan fingerprint density at radius 2 is 2.17 bits per heavy atom. The first kappa shape index (κ1) is 13.0. The number of thiocarbonyl (C=S) groups is 1. The SMILES string of the molecule is Cc1cc(Nc2cc(Br)ccc2C(N)=S)nn1C. The van der Waals surface area contributed by atoms with Crippen molar-refractivity contribution in [2.45, 2.75) is 6.92 Å². The van der Waals surface area contributed by atoms with Crippen LogP contribution >= 0.6 is 28.1 Å². The van der Waals surface area contributed by atoms with Crippen LogP contribution in [0.15, 0.2) is 28.7 Å². The third kappa shape index (κ3) is 2.70. The molecule has 0 aliphatic heterocycles. The maximum Gasteiger partial charge on any atom is 0.152 e. The van der Waals surface area contributed by atoms with Crippen LogP contribution in [0.2, 0.25) is 0 Å².